The van der Waals surface area contributed by atoms with Crippen molar-refractivity contribution < 1.29 is 23.5 Å². The second kappa shape index (κ2) is 13.8. The topological polar surface area (TPSA) is 62.3 Å². The first kappa shape index (κ1) is 29.4. The Morgan fingerprint density at radius 1 is 0.791 bits per heavy atom. The molecule has 0 radical (unpaired) electrons. The molecule has 2 aliphatic heterocycles. The van der Waals surface area contributed by atoms with Crippen molar-refractivity contribution in [3.8, 4) is 17.2 Å². The van der Waals surface area contributed by atoms with Crippen LogP contribution in [-0.4, -0.2) is 66.8 Å². The van der Waals surface area contributed by atoms with Crippen LogP contribution in [0.15, 0.2) is 77.7 Å². The molecule has 0 N–H and O–H groups in total. The van der Waals surface area contributed by atoms with Gasteiger partial charge in [0.1, 0.15) is 23.1 Å². The van der Waals surface area contributed by atoms with Crippen molar-refractivity contribution in [2.75, 3.05) is 50.8 Å². The molecule has 224 valence electrons. The summed E-state index contributed by atoms with van der Waals surface area (Å²) in [6.45, 7) is 7.76. The zero-order valence-corrected chi connectivity index (χ0v) is 24.9. The van der Waals surface area contributed by atoms with Crippen LogP contribution in [0.5, 0.6) is 17.2 Å². The molecule has 6 rings (SSSR count). The van der Waals surface area contributed by atoms with Gasteiger partial charge in [0.15, 0.2) is 0 Å². The van der Waals surface area contributed by atoms with Gasteiger partial charge in [0.05, 0.1) is 17.2 Å². The summed E-state index contributed by atoms with van der Waals surface area (Å²) in [6.07, 6.45) is 6.62. The normalized spacial score (nSPS) is 18.9. The van der Waals surface area contributed by atoms with Crippen LogP contribution >= 0.6 is 11.8 Å². The summed E-state index contributed by atoms with van der Waals surface area (Å²) in [4.78, 5) is 32.6. The van der Waals surface area contributed by atoms with Crippen LogP contribution in [0.3, 0.4) is 0 Å². The first-order valence-corrected chi connectivity index (χ1v) is 15.8. The maximum Gasteiger partial charge on any atom is 0.298 e. The average Bonchev–Trinajstić information content (AvgIpc) is 3.79. The maximum atomic E-state index is 13.1. The minimum atomic E-state index is -0.358. The number of thioether (sulfide) groups is 1. The largest absolute Gasteiger partial charge is 0.494 e. The molecule has 0 atom stereocenters. The van der Waals surface area contributed by atoms with E-state index in [1.807, 2.05) is 0 Å². The zero-order valence-electron chi connectivity index (χ0n) is 24.1. The number of nitrogens with zero attached hydrogens (tertiary/aromatic N) is 3. The summed E-state index contributed by atoms with van der Waals surface area (Å²) in [5.74, 6) is 2.11. The summed E-state index contributed by atoms with van der Waals surface area (Å²) >= 11 is 0.914. The zero-order chi connectivity index (χ0) is 29.6. The molecule has 2 amide bonds. The molecule has 1 aliphatic carbocycles. The lowest BCUT2D eigenvalue weighted by Gasteiger charge is -2.34. The minimum absolute atomic E-state index is 0.329. The Labute approximate surface area is 256 Å². The molecular weight excluding hydrogens is 565 g/mol. The number of hydrogen-bond acceptors (Lipinski definition) is 7. The molecule has 9 heteroatoms. The first-order chi connectivity index (χ1) is 21.0. The molecule has 3 aromatic rings. The van der Waals surface area contributed by atoms with E-state index in [1.165, 1.54) is 49.5 Å². The van der Waals surface area contributed by atoms with Crippen molar-refractivity contribution in [1.29, 1.82) is 0 Å². The van der Waals surface area contributed by atoms with Crippen molar-refractivity contribution in [2.24, 2.45) is 5.92 Å². The molecule has 0 aromatic heterocycles. The van der Waals surface area contributed by atoms with Gasteiger partial charge in [-0.3, -0.25) is 9.59 Å². The number of halogens is 1. The maximum absolute atomic E-state index is 13.1. The van der Waals surface area contributed by atoms with Gasteiger partial charge in [-0.1, -0.05) is 12.1 Å². The van der Waals surface area contributed by atoms with E-state index in [1.54, 1.807) is 66.7 Å². The van der Waals surface area contributed by atoms with Crippen molar-refractivity contribution in [3.05, 3.63) is 89.1 Å². The van der Waals surface area contributed by atoms with E-state index in [0.29, 0.717) is 28.7 Å². The Balaban J connectivity index is 0.945. The van der Waals surface area contributed by atoms with Crippen molar-refractivity contribution in [2.45, 2.75) is 25.7 Å². The van der Waals surface area contributed by atoms with Gasteiger partial charge in [-0.2, -0.15) is 0 Å². The van der Waals surface area contributed by atoms with Crippen molar-refractivity contribution in [1.82, 2.24) is 9.80 Å². The van der Waals surface area contributed by atoms with Crippen LogP contribution in [0.4, 0.5) is 14.9 Å². The summed E-state index contributed by atoms with van der Waals surface area (Å²) in [5.41, 5.74) is 1.28. The standard InChI is InChI=1S/C34H36FN3O4S/c35-27-7-13-31(14-8-27)42-30-11-5-25(6-12-30)23-32-33(39)38(34(40)43-32)28-9-15-29(16-10-28)41-22-2-1-17-36-18-20-37(21-19-36)24-26-3-4-26/h5-16,23,26H,1-4,17-22,24H2. The number of imide groups is 1. The third-order valence-electron chi connectivity index (χ3n) is 7.93. The summed E-state index contributed by atoms with van der Waals surface area (Å²) < 4.78 is 24.8. The van der Waals surface area contributed by atoms with Gasteiger partial charge in [-0.05, 0) is 122 Å². The molecule has 7 nitrogen and oxygen atoms in total. The van der Waals surface area contributed by atoms with Crippen LogP contribution in [0.2, 0.25) is 0 Å². The highest BCUT2D eigenvalue weighted by molar-refractivity contribution is 8.19. The Morgan fingerprint density at radius 2 is 1.42 bits per heavy atom. The lowest BCUT2D eigenvalue weighted by molar-refractivity contribution is -0.113. The summed E-state index contributed by atoms with van der Waals surface area (Å²) in [6, 6.07) is 20.0. The predicted molar refractivity (Wildman–Crippen MR) is 168 cm³/mol. The molecule has 0 spiro atoms. The van der Waals surface area contributed by atoms with Gasteiger partial charge in [0, 0.05) is 32.7 Å². The SMILES string of the molecule is O=C1SC(=Cc2ccc(Oc3ccc(F)cc3)cc2)C(=O)N1c1ccc(OCCCCN2CCN(CC3CC3)CC2)cc1. The molecule has 3 fully saturated rings. The number of anilines is 1. The van der Waals surface area contributed by atoms with Crippen molar-refractivity contribution >= 4 is 34.7 Å². The van der Waals surface area contributed by atoms with Gasteiger partial charge in [0.25, 0.3) is 11.1 Å². The van der Waals surface area contributed by atoms with Gasteiger partial charge in [0.2, 0.25) is 0 Å². The van der Waals surface area contributed by atoms with E-state index in [4.69, 9.17) is 9.47 Å². The Hall–Kier alpha value is -3.66. The van der Waals surface area contributed by atoms with Crippen LogP contribution in [-0.2, 0) is 4.79 Å². The molecule has 3 aromatic carbocycles. The Kier molecular flexibility index (Phi) is 9.41. The Bertz CT molecular complexity index is 1430. The number of rotatable bonds is 12. The number of hydrogen-bond donors (Lipinski definition) is 0. The van der Waals surface area contributed by atoms with Gasteiger partial charge < -0.3 is 19.3 Å². The molecule has 2 saturated heterocycles. The van der Waals surface area contributed by atoms with E-state index in [-0.39, 0.29) is 17.0 Å². The van der Waals surface area contributed by atoms with E-state index < -0.39 is 0 Å². The molecule has 0 bridgehead atoms. The van der Waals surface area contributed by atoms with E-state index in [0.717, 1.165) is 61.5 Å². The number of piperazine rings is 1. The quantitative estimate of drug-likeness (QED) is 0.163. The summed E-state index contributed by atoms with van der Waals surface area (Å²) in [5, 5.41) is -0.338. The third kappa shape index (κ3) is 8.04. The van der Waals surface area contributed by atoms with E-state index >= 15 is 0 Å². The fourth-order valence-electron chi connectivity index (χ4n) is 5.29. The third-order valence-corrected chi connectivity index (χ3v) is 8.80. The van der Waals surface area contributed by atoms with Crippen LogP contribution < -0.4 is 14.4 Å². The fraction of sp³-hybridized carbons (Fsp3) is 0.353. The lowest BCUT2D eigenvalue weighted by atomic mass is 10.2. The predicted octanol–water partition coefficient (Wildman–Crippen LogP) is 7.05. The highest BCUT2D eigenvalue weighted by Crippen LogP contribution is 2.36. The molecule has 43 heavy (non-hydrogen) atoms. The van der Waals surface area contributed by atoms with Crippen LogP contribution in [0.1, 0.15) is 31.2 Å². The van der Waals surface area contributed by atoms with E-state index in [9.17, 15) is 14.0 Å². The number of carbonyl (C=O) groups is 2. The van der Waals surface area contributed by atoms with Crippen LogP contribution in [0.25, 0.3) is 6.08 Å². The van der Waals surface area contributed by atoms with E-state index in [2.05, 4.69) is 9.80 Å². The molecule has 3 aliphatic rings. The van der Waals surface area contributed by atoms with Gasteiger partial charge in [-0.15, -0.1) is 0 Å². The number of ether oxygens (including phenoxy) is 2. The smallest absolute Gasteiger partial charge is 0.298 e. The molecule has 0 unspecified atom stereocenters. The highest BCUT2D eigenvalue weighted by atomic mass is 32.2. The second-order valence-electron chi connectivity index (χ2n) is 11.3. The minimum Gasteiger partial charge on any atom is -0.494 e. The Morgan fingerprint density at radius 3 is 2.09 bits per heavy atom. The molecular formula is C34H36FN3O4S. The van der Waals surface area contributed by atoms with Gasteiger partial charge >= 0.3 is 0 Å². The number of unbranched alkanes of at least 4 members (excludes halogenated alkanes) is 1. The molecule has 2 heterocycles. The first-order valence-electron chi connectivity index (χ1n) is 15.0. The lowest BCUT2D eigenvalue weighted by Crippen LogP contribution is -2.47. The number of amides is 2. The second-order valence-corrected chi connectivity index (χ2v) is 12.3. The van der Waals surface area contributed by atoms with Crippen molar-refractivity contribution in [3.63, 3.8) is 0 Å². The summed E-state index contributed by atoms with van der Waals surface area (Å²) in [7, 11) is 0. The average molecular weight is 602 g/mol. The molecule has 1 saturated carbocycles. The van der Waals surface area contributed by atoms with Crippen LogP contribution in [0, 0.1) is 11.7 Å². The van der Waals surface area contributed by atoms with Gasteiger partial charge in [-0.25, -0.2) is 9.29 Å². The monoisotopic (exact) mass is 601 g/mol. The fourth-order valence-corrected chi connectivity index (χ4v) is 6.13. The number of benzene rings is 3. The highest BCUT2D eigenvalue weighted by Gasteiger charge is 2.36. The number of carbonyl (C=O) groups excluding carboxylic acids is 2.